The second kappa shape index (κ2) is 4.89. The Morgan fingerprint density at radius 1 is 1.25 bits per heavy atom. The first-order valence-corrected chi connectivity index (χ1v) is 6.64. The molecule has 0 fully saturated rings. The molecular weight excluding hydrogens is 297 g/mol. The van der Waals surface area contributed by atoms with Gasteiger partial charge in [0.15, 0.2) is 5.65 Å². The summed E-state index contributed by atoms with van der Waals surface area (Å²) >= 11 is 11.7. The van der Waals surface area contributed by atoms with E-state index in [-0.39, 0.29) is 10.6 Å². The summed E-state index contributed by atoms with van der Waals surface area (Å²) in [5.41, 5.74) is 2.36. The predicted octanol–water partition coefficient (Wildman–Crippen LogP) is 3.76. The first kappa shape index (κ1) is 13.1. The van der Waals surface area contributed by atoms with Gasteiger partial charge in [0.25, 0.3) is 5.24 Å². The van der Waals surface area contributed by atoms with E-state index in [0.29, 0.717) is 16.7 Å². The van der Waals surface area contributed by atoms with E-state index in [9.17, 15) is 4.79 Å². The zero-order valence-electron chi connectivity index (χ0n) is 10.5. The molecule has 0 atom stereocenters. The number of hydrogen-bond donors (Lipinski definition) is 0. The maximum absolute atomic E-state index is 11.3. The molecule has 3 rings (SSSR count). The SMILES string of the molecule is Cc1nn(-c2ccccc2)c2ncc(C(=O)Cl)c(Cl)c12. The number of benzene rings is 1. The quantitative estimate of drug-likeness (QED) is 0.677. The van der Waals surface area contributed by atoms with Gasteiger partial charge in [-0.3, -0.25) is 4.79 Å². The highest BCUT2D eigenvalue weighted by molar-refractivity contribution is 6.69. The molecule has 2 aromatic heterocycles. The second-order valence-electron chi connectivity index (χ2n) is 4.29. The number of aryl methyl sites for hydroxylation is 1. The summed E-state index contributed by atoms with van der Waals surface area (Å²) < 4.78 is 1.69. The number of para-hydroxylation sites is 1. The molecule has 2 heterocycles. The number of carbonyl (C=O) groups is 1. The van der Waals surface area contributed by atoms with Gasteiger partial charge in [0.2, 0.25) is 0 Å². The van der Waals surface area contributed by atoms with Gasteiger partial charge in [-0.2, -0.15) is 5.10 Å². The third-order valence-corrected chi connectivity index (χ3v) is 3.62. The van der Waals surface area contributed by atoms with Crippen LogP contribution in [0.25, 0.3) is 16.7 Å². The van der Waals surface area contributed by atoms with Crippen molar-refractivity contribution in [2.24, 2.45) is 0 Å². The molecule has 0 aliphatic heterocycles. The minimum absolute atomic E-state index is 0.191. The lowest BCUT2D eigenvalue weighted by molar-refractivity contribution is 0.108. The van der Waals surface area contributed by atoms with E-state index >= 15 is 0 Å². The number of halogens is 2. The topological polar surface area (TPSA) is 47.8 Å². The van der Waals surface area contributed by atoms with Gasteiger partial charge in [0, 0.05) is 6.20 Å². The van der Waals surface area contributed by atoms with Gasteiger partial charge in [-0.15, -0.1) is 0 Å². The smallest absolute Gasteiger partial charge is 0.255 e. The molecule has 20 heavy (non-hydrogen) atoms. The van der Waals surface area contributed by atoms with Crippen LogP contribution in [0.3, 0.4) is 0 Å². The number of aromatic nitrogens is 3. The molecule has 0 radical (unpaired) electrons. The van der Waals surface area contributed by atoms with Crippen molar-refractivity contribution in [2.75, 3.05) is 0 Å². The fraction of sp³-hybridized carbons (Fsp3) is 0.0714. The largest absolute Gasteiger partial charge is 0.275 e. The molecule has 0 spiro atoms. The van der Waals surface area contributed by atoms with Crippen molar-refractivity contribution in [3.63, 3.8) is 0 Å². The maximum Gasteiger partial charge on any atom is 0.255 e. The molecule has 6 heteroatoms. The van der Waals surface area contributed by atoms with E-state index < -0.39 is 5.24 Å². The fourth-order valence-corrected chi connectivity index (χ4v) is 2.64. The van der Waals surface area contributed by atoms with Gasteiger partial charge in [0.05, 0.1) is 27.4 Å². The molecule has 1 aromatic carbocycles. The summed E-state index contributed by atoms with van der Waals surface area (Å²) in [6, 6.07) is 9.59. The molecule has 4 nitrogen and oxygen atoms in total. The van der Waals surface area contributed by atoms with Crippen molar-refractivity contribution in [2.45, 2.75) is 6.92 Å². The van der Waals surface area contributed by atoms with E-state index in [4.69, 9.17) is 23.2 Å². The van der Waals surface area contributed by atoms with Crippen molar-refractivity contribution < 1.29 is 4.79 Å². The Hall–Kier alpha value is -1.91. The van der Waals surface area contributed by atoms with Crippen LogP contribution < -0.4 is 0 Å². The Morgan fingerprint density at radius 3 is 2.60 bits per heavy atom. The Labute approximate surface area is 124 Å². The van der Waals surface area contributed by atoms with Crippen molar-refractivity contribution in [1.29, 1.82) is 0 Å². The summed E-state index contributed by atoms with van der Waals surface area (Å²) in [4.78, 5) is 15.6. The van der Waals surface area contributed by atoms with Crippen LogP contribution in [0, 0.1) is 6.92 Å². The number of carbonyl (C=O) groups excluding carboxylic acids is 1. The van der Waals surface area contributed by atoms with Crippen LogP contribution in [-0.2, 0) is 0 Å². The molecule has 0 amide bonds. The fourth-order valence-electron chi connectivity index (χ4n) is 2.09. The first-order chi connectivity index (χ1) is 9.59. The minimum Gasteiger partial charge on any atom is -0.275 e. The van der Waals surface area contributed by atoms with E-state index in [0.717, 1.165) is 5.69 Å². The van der Waals surface area contributed by atoms with E-state index in [1.807, 2.05) is 37.3 Å². The van der Waals surface area contributed by atoms with Gasteiger partial charge in [-0.1, -0.05) is 29.8 Å². The van der Waals surface area contributed by atoms with Crippen molar-refractivity contribution >= 4 is 39.5 Å². The van der Waals surface area contributed by atoms with Crippen LogP contribution in [-0.4, -0.2) is 20.0 Å². The number of fused-ring (bicyclic) bond motifs is 1. The van der Waals surface area contributed by atoms with Crippen molar-refractivity contribution in [1.82, 2.24) is 14.8 Å². The summed E-state index contributed by atoms with van der Waals surface area (Å²) in [5, 5.41) is 4.74. The monoisotopic (exact) mass is 305 g/mol. The molecule has 0 unspecified atom stereocenters. The number of nitrogens with zero attached hydrogens (tertiary/aromatic N) is 3. The summed E-state index contributed by atoms with van der Waals surface area (Å²) in [5.74, 6) is 0. The average Bonchev–Trinajstić information content (AvgIpc) is 2.78. The van der Waals surface area contributed by atoms with Crippen LogP contribution in [0.4, 0.5) is 0 Å². The molecule has 3 aromatic rings. The molecule has 0 N–H and O–H groups in total. The van der Waals surface area contributed by atoms with E-state index in [1.54, 1.807) is 4.68 Å². The summed E-state index contributed by atoms with van der Waals surface area (Å²) in [6.45, 7) is 1.82. The van der Waals surface area contributed by atoms with E-state index in [2.05, 4.69) is 10.1 Å². The molecule has 0 bridgehead atoms. The Balaban J connectivity index is 2.34. The van der Waals surface area contributed by atoms with Crippen LogP contribution in [0.2, 0.25) is 5.02 Å². The third kappa shape index (κ3) is 1.97. The summed E-state index contributed by atoms with van der Waals surface area (Å²) in [6.07, 6.45) is 1.38. The number of rotatable bonds is 2. The number of hydrogen-bond acceptors (Lipinski definition) is 3. The normalized spacial score (nSPS) is 10.9. The highest BCUT2D eigenvalue weighted by Crippen LogP contribution is 2.30. The maximum atomic E-state index is 11.3. The van der Waals surface area contributed by atoms with Gasteiger partial charge in [-0.05, 0) is 30.7 Å². The van der Waals surface area contributed by atoms with Crippen molar-refractivity contribution in [3.8, 4) is 5.69 Å². The van der Waals surface area contributed by atoms with Crippen LogP contribution >= 0.6 is 23.2 Å². The van der Waals surface area contributed by atoms with Crippen molar-refractivity contribution in [3.05, 3.63) is 52.8 Å². The van der Waals surface area contributed by atoms with Gasteiger partial charge in [0.1, 0.15) is 0 Å². The standard InChI is InChI=1S/C14H9Cl2N3O/c1-8-11-12(15)10(13(16)20)7-17-14(11)19(18-8)9-5-3-2-4-6-9/h2-7H,1H3. The highest BCUT2D eigenvalue weighted by atomic mass is 35.5. The number of pyridine rings is 1. The molecule has 100 valence electrons. The Morgan fingerprint density at radius 2 is 1.95 bits per heavy atom. The predicted molar refractivity (Wildman–Crippen MR) is 78.8 cm³/mol. The van der Waals surface area contributed by atoms with Crippen LogP contribution in [0.1, 0.15) is 16.1 Å². The zero-order valence-corrected chi connectivity index (χ0v) is 12.0. The van der Waals surface area contributed by atoms with Gasteiger partial charge in [-0.25, -0.2) is 9.67 Å². The highest BCUT2D eigenvalue weighted by Gasteiger charge is 2.18. The lowest BCUT2D eigenvalue weighted by Crippen LogP contribution is -1.99. The lowest BCUT2D eigenvalue weighted by Gasteiger charge is -2.03. The Kier molecular flexibility index (Phi) is 3.20. The third-order valence-electron chi connectivity index (χ3n) is 3.02. The second-order valence-corrected chi connectivity index (χ2v) is 5.01. The lowest BCUT2D eigenvalue weighted by atomic mass is 10.2. The molecule has 0 aliphatic carbocycles. The molecule has 0 saturated carbocycles. The van der Waals surface area contributed by atoms with E-state index in [1.165, 1.54) is 6.20 Å². The molecular formula is C14H9Cl2N3O. The summed E-state index contributed by atoms with van der Waals surface area (Å²) in [7, 11) is 0. The minimum atomic E-state index is -0.628. The zero-order chi connectivity index (χ0) is 14.3. The Bertz CT molecular complexity index is 812. The molecule has 0 saturated heterocycles. The average molecular weight is 306 g/mol. The molecule has 0 aliphatic rings. The van der Waals surface area contributed by atoms with Crippen LogP contribution in [0.15, 0.2) is 36.5 Å². The van der Waals surface area contributed by atoms with Crippen LogP contribution in [0.5, 0.6) is 0 Å². The van der Waals surface area contributed by atoms with Gasteiger partial charge < -0.3 is 0 Å². The first-order valence-electron chi connectivity index (χ1n) is 5.88. The van der Waals surface area contributed by atoms with Gasteiger partial charge >= 0.3 is 0 Å².